The van der Waals surface area contributed by atoms with Crippen LogP contribution in [0.5, 0.6) is 5.75 Å². The second-order valence-corrected chi connectivity index (χ2v) is 4.26. The molecular formula is C12H9N3O2S. The molecule has 0 atom stereocenters. The highest BCUT2D eigenvalue weighted by Crippen LogP contribution is 2.21. The summed E-state index contributed by atoms with van der Waals surface area (Å²) in [4.78, 5) is 21.6. The quantitative estimate of drug-likeness (QED) is 0.519. The van der Waals surface area contributed by atoms with Crippen LogP contribution in [0.15, 0.2) is 29.1 Å². The van der Waals surface area contributed by atoms with E-state index in [0.717, 1.165) is 16.7 Å². The first kappa shape index (κ1) is 10.9. The number of ether oxygens (including phenoxy) is 1. The molecule has 0 radical (unpaired) electrons. The van der Waals surface area contributed by atoms with Crippen LogP contribution < -0.4 is 10.3 Å². The number of aromatic nitrogens is 3. The van der Waals surface area contributed by atoms with Crippen molar-refractivity contribution in [1.82, 2.24) is 15.0 Å². The highest BCUT2D eigenvalue weighted by atomic mass is 32.1. The summed E-state index contributed by atoms with van der Waals surface area (Å²) < 4.78 is 5.42. The summed E-state index contributed by atoms with van der Waals surface area (Å²) in [6.45, 7) is 0. The molecule has 3 rings (SSSR count). The number of nitrogens with one attached hydrogen (secondary N) is 2. The minimum atomic E-state index is -0.244. The number of rotatable bonds is 1. The van der Waals surface area contributed by atoms with Crippen molar-refractivity contribution in [3.8, 4) is 5.75 Å². The minimum absolute atomic E-state index is 0.244. The van der Waals surface area contributed by atoms with Gasteiger partial charge >= 0.3 is 0 Å². The number of benzene rings is 1. The van der Waals surface area contributed by atoms with Crippen LogP contribution in [-0.2, 0) is 0 Å². The smallest absolute Gasteiger partial charge is 0.261 e. The van der Waals surface area contributed by atoms with Gasteiger partial charge < -0.3 is 9.72 Å². The van der Waals surface area contributed by atoms with Crippen molar-refractivity contribution in [2.75, 3.05) is 7.11 Å². The molecule has 90 valence electrons. The molecule has 0 saturated heterocycles. The average Bonchev–Trinajstić information content (AvgIpc) is 2.36. The number of pyridine rings is 1. The summed E-state index contributed by atoms with van der Waals surface area (Å²) in [5.41, 5.74) is 1.02. The van der Waals surface area contributed by atoms with Crippen molar-refractivity contribution < 1.29 is 4.74 Å². The molecule has 0 unspecified atom stereocenters. The maximum atomic E-state index is 11.8. The van der Waals surface area contributed by atoms with Crippen molar-refractivity contribution in [3.63, 3.8) is 0 Å². The van der Waals surface area contributed by atoms with Gasteiger partial charge in [-0.3, -0.25) is 9.78 Å². The Morgan fingerprint density at radius 3 is 2.89 bits per heavy atom. The van der Waals surface area contributed by atoms with Crippen molar-refractivity contribution in [2.45, 2.75) is 0 Å². The van der Waals surface area contributed by atoms with Gasteiger partial charge in [-0.25, -0.2) is 4.98 Å². The number of methoxy groups -OCH3 is 1. The van der Waals surface area contributed by atoms with Crippen LogP contribution in [0.25, 0.3) is 21.9 Å². The number of fused-ring (bicyclic) bond motifs is 2. The Hall–Kier alpha value is -2.21. The fourth-order valence-corrected chi connectivity index (χ4v) is 2.05. The summed E-state index contributed by atoms with van der Waals surface area (Å²) in [7, 11) is 1.60. The predicted octanol–water partition coefficient (Wildman–Crippen LogP) is 2.14. The van der Waals surface area contributed by atoms with Crippen LogP contribution in [0.3, 0.4) is 0 Å². The van der Waals surface area contributed by atoms with Gasteiger partial charge in [-0.15, -0.1) is 0 Å². The van der Waals surface area contributed by atoms with Crippen molar-refractivity contribution >= 4 is 34.2 Å². The van der Waals surface area contributed by atoms with Gasteiger partial charge in [0.25, 0.3) is 5.56 Å². The maximum Gasteiger partial charge on any atom is 0.261 e. The Labute approximate surface area is 106 Å². The van der Waals surface area contributed by atoms with E-state index in [-0.39, 0.29) is 10.3 Å². The fraction of sp³-hybridized carbons (Fsp3) is 0.0833. The lowest BCUT2D eigenvalue weighted by molar-refractivity contribution is 0.415. The molecule has 0 aliphatic carbocycles. The molecule has 6 heteroatoms. The number of H-pyrrole nitrogens is 2. The molecule has 2 heterocycles. The number of nitrogens with zero attached hydrogens (tertiary/aromatic N) is 1. The summed E-state index contributed by atoms with van der Waals surface area (Å²) in [6, 6.07) is 7.27. The van der Waals surface area contributed by atoms with Crippen LogP contribution in [0.2, 0.25) is 0 Å². The van der Waals surface area contributed by atoms with Crippen molar-refractivity contribution in [2.24, 2.45) is 0 Å². The van der Waals surface area contributed by atoms with E-state index in [9.17, 15) is 4.79 Å². The Morgan fingerprint density at radius 2 is 2.11 bits per heavy atom. The van der Waals surface area contributed by atoms with Crippen LogP contribution in [0.1, 0.15) is 0 Å². The first-order valence-corrected chi connectivity index (χ1v) is 5.69. The summed E-state index contributed by atoms with van der Waals surface area (Å²) in [6.07, 6.45) is 0. The summed E-state index contributed by atoms with van der Waals surface area (Å²) in [5, 5.41) is 1.32. The monoisotopic (exact) mass is 259 g/mol. The largest absolute Gasteiger partial charge is 0.497 e. The second kappa shape index (κ2) is 3.92. The summed E-state index contributed by atoms with van der Waals surface area (Å²) in [5.74, 6) is 0.726. The fourth-order valence-electron chi connectivity index (χ4n) is 1.86. The van der Waals surface area contributed by atoms with Crippen molar-refractivity contribution in [1.29, 1.82) is 0 Å². The van der Waals surface area contributed by atoms with Gasteiger partial charge in [-0.1, -0.05) is 0 Å². The Balaban J connectivity index is 2.47. The zero-order valence-electron chi connectivity index (χ0n) is 9.48. The first-order valence-electron chi connectivity index (χ1n) is 5.28. The molecular weight excluding hydrogens is 250 g/mol. The van der Waals surface area contributed by atoms with Gasteiger partial charge in [0, 0.05) is 5.39 Å². The van der Waals surface area contributed by atoms with Gasteiger partial charge in [-0.05, 0) is 36.5 Å². The SMILES string of the molecule is COc1ccc2nc3[nH]c(=S)[nH]c(=O)c3cc2c1. The normalized spacial score (nSPS) is 10.9. The molecule has 2 N–H and O–H groups in total. The molecule has 0 amide bonds. The van der Waals surface area contributed by atoms with Gasteiger partial charge in [0.15, 0.2) is 4.77 Å². The van der Waals surface area contributed by atoms with E-state index in [2.05, 4.69) is 15.0 Å². The van der Waals surface area contributed by atoms with Gasteiger partial charge in [0.1, 0.15) is 11.4 Å². The van der Waals surface area contributed by atoms with E-state index < -0.39 is 0 Å². The minimum Gasteiger partial charge on any atom is -0.497 e. The third-order valence-electron chi connectivity index (χ3n) is 2.73. The molecule has 1 aromatic carbocycles. The lowest BCUT2D eigenvalue weighted by Gasteiger charge is -2.03. The zero-order valence-corrected chi connectivity index (χ0v) is 10.3. The van der Waals surface area contributed by atoms with E-state index in [1.54, 1.807) is 13.2 Å². The topological polar surface area (TPSA) is 70.8 Å². The molecule has 0 spiro atoms. The Bertz CT molecular complexity index is 866. The van der Waals surface area contributed by atoms with Gasteiger partial charge in [0.05, 0.1) is 18.0 Å². The predicted molar refractivity (Wildman–Crippen MR) is 71.6 cm³/mol. The van der Waals surface area contributed by atoms with Crippen LogP contribution in [-0.4, -0.2) is 22.1 Å². The third-order valence-corrected chi connectivity index (χ3v) is 2.93. The molecule has 18 heavy (non-hydrogen) atoms. The number of hydrogen-bond donors (Lipinski definition) is 2. The molecule has 3 aromatic rings. The van der Waals surface area contributed by atoms with E-state index in [1.165, 1.54) is 0 Å². The molecule has 0 saturated carbocycles. The molecule has 2 aromatic heterocycles. The highest BCUT2D eigenvalue weighted by Gasteiger charge is 2.04. The Kier molecular flexibility index (Phi) is 2.38. The van der Waals surface area contributed by atoms with E-state index in [4.69, 9.17) is 17.0 Å². The van der Waals surface area contributed by atoms with E-state index in [1.807, 2.05) is 18.2 Å². The molecule has 0 fully saturated rings. The number of aromatic amines is 2. The van der Waals surface area contributed by atoms with Crippen molar-refractivity contribution in [3.05, 3.63) is 39.4 Å². The van der Waals surface area contributed by atoms with E-state index >= 15 is 0 Å². The molecule has 0 bridgehead atoms. The average molecular weight is 259 g/mol. The Morgan fingerprint density at radius 1 is 1.28 bits per heavy atom. The second-order valence-electron chi connectivity index (χ2n) is 3.85. The summed E-state index contributed by atoms with van der Waals surface area (Å²) >= 11 is 4.92. The standard InChI is InChI=1S/C12H9N3O2S/c1-17-7-2-3-9-6(4-7)5-8-10(13-9)14-12(18)15-11(8)16/h2-5H,1H3,(H2,13,14,15,16,18). The lowest BCUT2D eigenvalue weighted by Crippen LogP contribution is -2.08. The highest BCUT2D eigenvalue weighted by molar-refractivity contribution is 7.71. The zero-order chi connectivity index (χ0) is 12.7. The maximum absolute atomic E-state index is 11.8. The van der Waals surface area contributed by atoms with Crippen LogP contribution in [0.4, 0.5) is 0 Å². The number of hydrogen-bond acceptors (Lipinski definition) is 4. The third kappa shape index (κ3) is 1.67. The van der Waals surface area contributed by atoms with Crippen LogP contribution in [0, 0.1) is 4.77 Å². The lowest BCUT2D eigenvalue weighted by atomic mass is 10.2. The van der Waals surface area contributed by atoms with Gasteiger partial charge in [-0.2, -0.15) is 0 Å². The van der Waals surface area contributed by atoms with E-state index in [0.29, 0.717) is 11.0 Å². The van der Waals surface area contributed by atoms with Gasteiger partial charge in [0.2, 0.25) is 0 Å². The molecule has 5 nitrogen and oxygen atoms in total. The molecule has 0 aliphatic heterocycles. The molecule has 0 aliphatic rings. The van der Waals surface area contributed by atoms with Crippen LogP contribution >= 0.6 is 12.2 Å². The first-order chi connectivity index (χ1) is 8.67.